The highest BCUT2D eigenvalue weighted by atomic mass is 79.9. The number of carbonyl (C=O) groups excluding carboxylic acids is 1. The van der Waals surface area contributed by atoms with Crippen molar-refractivity contribution in [2.24, 2.45) is 0 Å². The normalized spacial score (nSPS) is 11.6. The van der Waals surface area contributed by atoms with E-state index in [4.69, 9.17) is 4.74 Å². The first-order chi connectivity index (χ1) is 10.6. The molecule has 23 heavy (non-hydrogen) atoms. The highest BCUT2D eigenvalue weighted by Crippen LogP contribution is 2.27. The monoisotopic (exact) mass is 386 g/mol. The fourth-order valence-corrected chi connectivity index (χ4v) is 2.41. The van der Waals surface area contributed by atoms with Gasteiger partial charge in [0.25, 0.3) is 0 Å². The van der Waals surface area contributed by atoms with Crippen molar-refractivity contribution in [3.05, 3.63) is 28.2 Å². The lowest BCUT2D eigenvalue weighted by molar-refractivity contribution is 0.0193. The van der Waals surface area contributed by atoms with Crippen LogP contribution in [0.25, 0.3) is 0 Å². The second-order valence-electron chi connectivity index (χ2n) is 6.69. The molecular formula is C17H27BrN2O3. The zero-order chi connectivity index (χ0) is 17.6. The average Bonchev–Trinajstić information content (AvgIpc) is 2.40. The van der Waals surface area contributed by atoms with Gasteiger partial charge in [-0.1, -0.05) is 12.1 Å². The number of ether oxygens (including phenoxy) is 1. The lowest BCUT2D eigenvalue weighted by Gasteiger charge is -2.30. The number of aromatic hydroxyl groups is 1. The molecule has 0 aliphatic carbocycles. The number of amides is 1. The van der Waals surface area contributed by atoms with E-state index in [1.54, 1.807) is 11.0 Å². The topological polar surface area (TPSA) is 61.8 Å². The minimum absolute atomic E-state index is 0.0610. The van der Waals surface area contributed by atoms with Gasteiger partial charge in [-0.3, -0.25) is 0 Å². The molecule has 1 aromatic carbocycles. The standard InChI is InChI=1S/C17H27BrN2O3/c1-12(2)20(16(22)23-17(3,4)5)10-9-19-11-13-7-6-8-14(18)15(13)21/h6-8,12,19,21H,9-11H2,1-5H3. The molecule has 0 aliphatic rings. The molecule has 1 amide bonds. The summed E-state index contributed by atoms with van der Waals surface area (Å²) in [5.41, 5.74) is 0.312. The summed E-state index contributed by atoms with van der Waals surface area (Å²) in [6.07, 6.45) is -0.306. The number of benzene rings is 1. The summed E-state index contributed by atoms with van der Waals surface area (Å²) in [5, 5.41) is 13.2. The van der Waals surface area contributed by atoms with Gasteiger partial charge in [-0.2, -0.15) is 0 Å². The summed E-state index contributed by atoms with van der Waals surface area (Å²) >= 11 is 3.30. The van der Waals surface area contributed by atoms with Crippen molar-refractivity contribution in [3.63, 3.8) is 0 Å². The Bertz CT molecular complexity index is 527. The SMILES string of the molecule is CC(C)N(CCNCc1cccc(Br)c1O)C(=O)OC(C)(C)C. The van der Waals surface area contributed by atoms with Gasteiger partial charge in [-0.05, 0) is 56.6 Å². The molecule has 2 N–H and O–H groups in total. The van der Waals surface area contributed by atoms with Crippen molar-refractivity contribution in [1.29, 1.82) is 0 Å². The van der Waals surface area contributed by atoms with Crippen molar-refractivity contribution in [1.82, 2.24) is 10.2 Å². The first kappa shape index (κ1) is 19.8. The van der Waals surface area contributed by atoms with Crippen LogP contribution in [-0.2, 0) is 11.3 Å². The number of rotatable bonds is 6. The number of phenols is 1. The molecule has 1 aromatic rings. The zero-order valence-corrected chi connectivity index (χ0v) is 16.1. The van der Waals surface area contributed by atoms with E-state index in [0.29, 0.717) is 24.1 Å². The zero-order valence-electron chi connectivity index (χ0n) is 14.5. The quantitative estimate of drug-likeness (QED) is 0.727. The highest BCUT2D eigenvalue weighted by molar-refractivity contribution is 9.10. The summed E-state index contributed by atoms with van der Waals surface area (Å²) < 4.78 is 6.10. The Morgan fingerprint density at radius 1 is 1.39 bits per heavy atom. The molecule has 0 saturated carbocycles. The maximum Gasteiger partial charge on any atom is 0.410 e. The van der Waals surface area contributed by atoms with Gasteiger partial charge >= 0.3 is 6.09 Å². The van der Waals surface area contributed by atoms with E-state index in [1.165, 1.54) is 0 Å². The maximum absolute atomic E-state index is 12.2. The van der Waals surface area contributed by atoms with Crippen LogP contribution < -0.4 is 5.32 Å². The number of carbonyl (C=O) groups is 1. The third kappa shape index (κ3) is 6.79. The molecule has 0 saturated heterocycles. The van der Waals surface area contributed by atoms with Gasteiger partial charge < -0.3 is 20.1 Å². The minimum Gasteiger partial charge on any atom is -0.506 e. The molecule has 0 heterocycles. The van der Waals surface area contributed by atoms with Crippen molar-refractivity contribution in [2.45, 2.75) is 52.8 Å². The molecular weight excluding hydrogens is 360 g/mol. The predicted octanol–water partition coefficient (Wildman–Crippen LogP) is 3.89. The van der Waals surface area contributed by atoms with Crippen LogP contribution in [0.3, 0.4) is 0 Å². The van der Waals surface area contributed by atoms with Crippen LogP contribution in [0.4, 0.5) is 4.79 Å². The Kier molecular flexibility index (Phi) is 7.35. The fourth-order valence-electron chi connectivity index (χ4n) is 2.01. The Morgan fingerprint density at radius 2 is 2.04 bits per heavy atom. The lowest BCUT2D eigenvalue weighted by atomic mass is 10.2. The predicted molar refractivity (Wildman–Crippen MR) is 95.6 cm³/mol. The maximum atomic E-state index is 12.2. The molecule has 0 unspecified atom stereocenters. The molecule has 0 spiro atoms. The lowest BCUT2D eigenvalue weighted by Crippen LogP contribution is -2.44. The van der Waals surface area contributed by atoms with E-state index >= 15 is 0 Å². The third-order valence-corrected chi connectivity index (χ3v) is 3.81. The summed E-state index contributed by atoms with van der Waals surface area (Å²) in [7, 11) is 0. The van der Waals surface area contributed by atoms with E-state index in [-0.39, 0.29) is 17.9 Å². The van der Waals surface area contributed by atoms with E-state index in [1.807, 2.05) is 46.8 Å². The Hall–Kier alpha value is -1.27. The first-order valence-electron chi connectivity index (χ1n) is 7.78. The van der Waals surface area contributed by atoms with Gasteiger partial charge in [0.1, 0.15) is 11.4 Å². The number of para-hydroxylation sites is 1. The van der Waals surface area contributed by atoms with Crippen molar-refractivity contribution in [3.8, 4) is 5.75 Å². The number of halogens is 1. The van der Waals surface area contributed by atoms with Gasteiger partial charge in [0.15, 0.2) is 0 Å². The van der Waals surface area contributed by atoms with E-state index in [0.717, 1.165) is 5.56 Å². The van der Waals surface area contributed by atoms with Crippen LogP contribution in [0.15, 0.2) is 22.7 Å². The van der Waals surface area contributed by atoms with Gasteiger partial charge in [0, 0.05) is 31.2 Å². The average molecular weight is 387 g/mol. The molecule has 0 atom stereocenters. The van der Waals surface area contributed by atoms with Crippen LogP contribution in [0.2, 0.25) is 0 Å². The van der Waals surface area contributed by atoms with E-state index in [9.17, 15) is 9.90 Å². The third-order valence-electron chi connectivity index (χ3n) is 3.17. The molecule has 0 aromatic heterocycles. The second kappa shape index (κ2) is 8.55. The van der Waals surface area contributed by atoms with Crippen LogP contribution in [0.1, 0.15) is 40.2 Å². The molecule has 5 nitrogen and oxygen atoms in total. The first-order valence-corrected chi connectivity index (χ1v) is 8.58. The van der Waals surface area contributed by atoms with Crippen LogP contribution in [0, 0.1) is 0 Å². The molecule has 0 radical (unpaired) electrons. The summed E-state index contributed by atoms with van der Waals surface area (Å²) in [4.78, 5) is 13.9. The van der Waals surface area contributed by atoms with Crippen LogP contribution >= 0.6 is 15.9 Å². The highest BCUT2D eigenvalue weighted by Gasteiger charge is 2.23. The molecule has 6 heteroatoms. The van der Waals surface area contributed by atoms with Crippen LogP contribution in [-0.4, -0.2) is 40.8 Å². The van der Waals surface area contributed by atoms with E-state index in [2.05, 4.69) is 21.2 Å². The van der Waals surface area contributed by atoms with E-state index < -0.39 is 5.60 Å². The van der Waals surface area contributed by atoms with Crippen molar-refractivity contribution < 1.29 is 14.6 Å². The molecule has 0 fully saturated rings. The number of phenolic OH excluding ortho intramolecular Hbond substituents is 1. The van der Waals surface area contributed by atoms with Crippen LogP contribution in [0.5, 0.6) is 5.75 Å². The van der Waals surface area contributed by atoms with Crippen molar-refractivity contribution >= 4 is 22.0 Å². The minimum atomic E-state index is -0.500. The molecule has 0 bridgehead atoms. The van der Waals surface area contributed by atoms with Gasteiger partial charge in [0.2, 0.25) is 0 Å². The van der Waals surface area contributed by atoms with Gasteiger partial charge in [0.05, 0.1) is 4.47 Å². The number of nitrogens with zero attached hydrogens (tertiary/aromatic N) is 1. The number of hydrogen-bond acceptors (Lipinski definition) is 4. The fraction of sp³-hybridized carbons (Fsp3) is 0.588. The second-order valence-corrected chi connectivity index (χ2v) is 7.55. The molecule has 1 rings (SSSR count). The van der Waals surface area contributed by atoms with Gasteiger partial charge in [-0.25, -0.2) is 4.79 Å². The smallest absolute Gasteiger partial charge is 0.410 e. The van der Waals surface area contributed by atoms with Crippen molar-refractivity contribution in [2.75, 3.05) is 13.1 Å². The summed E-state index contributed by atoms with van der Waals surface area (Å²) in [6.45, 7) is 11.2. The largest absolute Gasteiger partial charge is 0.506 e. The summed E-state index contributed by atoms with van der Waals surface area (Å²) in [6, 6.07) is 5.59. The molecule has 130 valence electrons. The number of nitrogens with one attached hydrogen (secondary N) is 1. The Morgan fingerprint density at radius 3 is 2.61 bits per heavy atom. The Balaban J connectivity index is 2.50. The van der Waals surface area contributed by atoms with Gasteiger partial charge in [-0.15, -0.1) is 0 Å². The summed E-state index contributed by atoms with van der Waals surface area (Å²) in [5.74, 6) is 0.243. The Labute approximate surface area is 147 Å². The molecule has 0 aliphatic heterocycles. The number of hydrogen-bond donors (Lipinski definition) is 2.